The van der Waals surface area contributed by atoms with Crippen LogP contribution in [0, 0.1) is 0 Å². The van der Waals surface area contributed by atoms with Crippen LogP contribution in [-0.2, 0) is 6.42 Å². The smallest absolute Gasteiger partial charge is 0.115 e. The largest absolute Gasteiger partial charge is 0.295 e. The molecule has 1 aromatic heterocycles. The zero-order valence-electron chi connectivity index (χ0n) is 10.8. The standard InChI is InChI=1S/C15H10Cl4N2/c16-6-5-15-20-12-7-10(18)11(19)8-14(12)21(15)13-4-2-1-3-9(13)17/h1-4,7-8H,5-6H2. The predicted molar refractivity (Wildman–Crippen MR) is 90.5 cm³/mol. The van der Waals surface area contributed by atoms with Gasteiger partial charge in [-0.25, -0.2) is 4.98 Å². The van der Waals surface area contributed by atoms with Gasteiger partial charge in [0, 0.05) is 12.3 Å². The van der Waals surface area contributed by atoms with Crippen molar-refractivity contribution in [1.29, 1.82) is 0 Å². The molecule has 0 unspecified atom stereocenters. The lowest BCUT2D eigenvalue weighted by molar-refractivity contribution is 0.912. The van der Waals surface area contributed by atoms with Gasteiger partial charge in [0.05, 0.1) is 31.8 Å². The maximum atomic E-state index is 6.32. The van der Waals surface area contributed by atoms with Gasteiger partial charge in [0.15, 0.2) is 0 Å². The summed E-state index contributed by atoms with van der Waals surface area (Å²) in [4.78, 5) is 4.60. The van der Waals surface area contributed by atoms with Crippen molar-refractivity contribution in [2.75, 3.05) is 5.88 Å². The number of aryl methyl sites for hydroxylation is 1. The zero-order valence-corrected chi connectivity index (χ0v) is 13.8. The molecule has 0 atom stereocenters. The summed E-state index contributed by atoms with van der Waals surface area (Å²) in [7, 11) is 0. The molecule has 3 rings (SSSR count). The minimum Gasteiger partial charge on any atom is -0.295 e. The molecule has 0 saturated carbocycles. The van der Waals surface area contributed by atoms with Crippen LogP contribution in [0.3, 0.4) is 0 Å². The first-order valence-corrected chi connectivity index (χ1v) is 7.96. The number of benzene rings is 2. The van der Waals surface area contributed by atoms with Crippen LogP contribution in [0.5, 0.6) is 0 Å². The van der Waals surface area contributed by atoms with Crippen molar-refractivity contribution >= 4 is 57.4 Å². The molecule has 3 aromatic rings. The van der Waals surface area contributed by atoms with E-state index in [1.165, 1.54) is 0 Å². The van der Waals surface area contributed by atoms with Crippen molar-refractivity contribution in [2.45, 2.75) is 6.42 Å². The Hall–Kier alpha value is -0.930. The Bertz CT molecular complexity index is 811. The number of fused-ring (bicyclic) bond motifs is 1. The molecule has 0 spiro atoms. The number of nitrogens with zero attached hydrogens (tertiary/aromatic N) is 2. The zero-order chi connectivity index (χ0) is 15.0. The Kier molecular flexibility index (Phi) is 4.32. The second-order valence-electron chi connectivity index (χ2n) is 4.51. The predicted octanol–water partition coefficient (Wildman–Crippen LogP) is 5.77. The summed E-state index contributed by atoms with van der Waals surface area (Å²) < 4.78 is 1.97. The molecule has 21 heavy (non-hydrogen) atoms. The van der Waals surface area contributed by atoms with E-state index in [1.807, 2.05) is 28.8 Å². The van der Waals surface area contributed by atoms with Crippen LogP contribution in [0.4, 0.5) is 0 Å². The van der Waals surface area contributed by atoms with Crippen molar-refractivity contribution in [1.82, 2.24) is 9.55 Å². The molecule has 0 amide bonds. The lowest BCUT2D eigenvalue weighted by Gasteiger charge is -2.10. The van der Waals surface area contributed by atoms with E-state index < -0.39 is 0 Å². The summed E-state index contributed by atoms with van der Waals surface area (Å²) in [5.41, 5.74) is 2.47. The van der Waals surface area contributed by atoms with Crippen LogP contribution in [0.15, 0.2) is 36.4 Å². The molecule has 108 valence electrons. The van der Waals surface area contributed by atoms with Crippen molar-refractivity contribution in [3.8, 4) is 5.69 Å². The summed E-state index contributed by atoms with van der Waals surface area (Å²) >= 11 is 24.4. The quantitative estimate of drug-likeness (QED) is 0.543. The van der Waals surface area contributed by atoms with Gasteiger partial charge in [-0.15, -0.1) is 11.6 Å². The second kappa shape index (κ2) is 6.05. The summed E-state index contributed by atoms with van der Waals surface area (Å²) in [6.07, 6.45) is 0.622. The van der Waals surface area contributed by atoms with Crippen LogP contribution in [-0.4, -0.2) is 15.4 Å². The lowest BCUT2D eigenvalue weighted by Crippen LogP contribution is -2.02. The van der Waals surface area contributed by atoms with E-state index >= 15 is 0 Å². The molecule has 0 aliphatic carbocycles. The Labute approximate surface area is 142 Å². The summed E-state index contributed by atoms with van der Waals surface area (Å²) in [5, 5.41) is 1.60. The number of para-hydroxylation sites is 1. The summed E-state index contributed by atoms with van der Waals surface area (Å²) in [5.74, 6) is 1.29. The fraction of sp³-hybridized carbons (Fsp3) is 0.133. The van der Waals surface area contributed by atoms with Crippen molar-refractivity contribution in [3.63, 3.8) is 0 Å². The third-order valence-corrected chi connectivity index (χ3v) is 4.41. The van der Waals surface area contributed by atoms with E-state index in [0.717, 1.165) is 22.5 Å². The Morgan fingerprint density at radius 3 is 2.38 bits per heavy atom. The van der Waals surface area contributed by atoms with E-state index in [9.17, 15) is 0 Å². The van der Waals surface area contributed by atoms with Gasteiger partial charge in [-0.2, -0.15) is 0 Å². The number of hydrogen-bond donors (Lipinski definition) is 0. The molecule has 0 saturated heterocycles. The van der Waals surface area contributed by atoms with Crippen LogP contribution in [0.1, 0.15) is 5.82 Å². The topological polar surface area (TPSA) is 17.8 Å². The van der Waals surface area contributed by atoms with Crippen LogP contribution in [0.2, 0.25) is 15.1 Å². The lowest BCUT2D eigenvalue weighted by atomic mass is 10.2. The summed E-state index contributed by atoms with van der Waals surface area (Å²) in [6, 6.07) is 11.1. The van der Waals surface area contributed by atoms with Gasteiger partial charge >= 0.3 is 0 Å². The SMILES string of the molecule is ClCCc1nc2cc(Cl)c(Cl)cc2n1-c1ccccc1Cl. The summed E-state index contributed by atoms with van der Waals surface area (Å²) in [6.45, 7) is 0. The average Bonchev–Trinajstić information content (AvgIpc) is 2.78. The van der Waals surface area contributed by atoms with Crippen LogP contribution < -0.4 is 0 Å². The Balaban J connectivity index is 2.35. The molecule has 0 fully saturated rings. The first-order valence-electron chi connectivity index (χ1n) is 6.29. The first-order chi connectivity index (χ1) is 10.1. The highest BCUT2D eigenvalue weighted by molar-refractivity contribution is 6.42. The molecular formula is C15H10Cl4N2. The Morgan fingerprint density at radius 1 is 0.952 bits per heavy atom. The number of imidazole rings is 1. The van der Waals surface area contributed by atoms with Crippen molar-refractivity contribution in [3.05, 3.63) is 57.3 Å². The minimum absolute atomic E-state index is 0.467. The molecule has 0 bridgehead atoms. The third kappa shape index (κ3) is 2.74. The van der Waals surface area contributed by atoms with E-state index in [2.05, 4.69) is 4.98 Å². The number of alkyl halides is 1. The highest BCUT2D eigenvalue weighted by Crippen LogP contribution is 2.32. The number of rotatable bonds is 3. The number of halogens is 4. The highest BCUT2D eigenvalue weighted by Gasteiger charge is 2.15. The highest BCUT2D eigenvalue weighted by atomic mass is 35.5. The third-order valence-electron chi connectivity index (χ3n) is 3.18. The average molecular weight is 360 g/mol. The molecule has 2 nitrogen and oxygen atoms in total. The molecule has 0 aliphatic rings. The van der Waals surface area contributed by atoms with Crippen molar-refractivity contribution in [2.24, 2.45) is 0 Å². The monoisotopic (exact) mass is 358 g/mol. The fourth-order valence-electron chi connectivity index (χ4n) is 2.28. The van der Waals surface area contributed by atoms with Crippen molar-refractivity contribution < 1.29 is 0 Å². The minimum atomic E-state index is 0.467. The van der Waals surface area contributed by atoms with Gasteiger partial charge < -0.3 is 0 Å². The number of hydrogen-bond acceptors (Lipinski definition) is 1. The van der Waals surface area contributed by atoms with Crippen LogP contribution >= 0.6 is 46.4 Å². The molecule has 2 aromatic carbocycles. The molecule has 1 heterocycles. The van der Waals surface area contributed by atoms with Gasteiger partial charge in [0.2, 0.25) is 0 Å². The van der Waals surface area contributed by atoms with Crippen LogP contribution in [0.25, 0.3) is 16.7 Å². The molecule has 0 radical (unpaired) electrons. The molecular weight excluding hydrogens is 350 g/mol. The van der Waals surface area contributed by atoms with Gasteiger partial charge in [-0.05, 0) is 24.3 Å². The first kappa shape index (κ1) is 15.0. The van der Waals surface area contributed by atoms with Gasteiger partial charge in [-0.1, -0.05) is 46.9 Å². The fourth-order valence-corrected chi connectivity index (χ4v) is 2.98. The molecule has 6 heteroatoms. The van der Waals surface area contributed by atoms with Gasteiger partial charge in [0.25, 0.3) is 0 Å². The number of aromatic nitrogens is 2. The van der Waals surface area contributed by atoms with E-state index in [0.29, 0.717) is 27.4 Å². The molecule has 0 aliphatic heterocycles. The van der Waals surface area contributed by atoms with Gasteiger partial charge in [-0.3, -0.25) is 4.57 Å². The van der Waals surface area contributed by atoms with E-state index in [-0.39, 0.29) is 0 Å². The Morgan fingerprint density at radius 2 is 1.67 bits per heavy atom. The second-order valence-corrected chi connectivity index (χ2v) is 6.11. The van der Waals surface area contributed by atoms with Gasteiger partial charge in [0.1, 0.15) is 5.82 Å². The maximum absolute atomic E-state index is 6.32. The maximum Gasteiger partial charge on any atom is 0.115 e. The van der Waals surface area contributed by atoms with E-state index in [4.69, 9.17) is 46.4 Å². The molecule has 0 N–H and O–H groups in total. The van der Waals surface area contributed by atoms with E-state index in [1.54, 1.807) is 12.1 Å². The normalized spacial score (nSPS) is 11.2.